The standard InChI is InChI=1S/C26H24F2N2O4/c1-16-12-20(28)3-2-18(16)13-17-14-24(30(15-17)26(32)33)25(31)29-21-6-10-23(11-7-21)34-22-8-4-19(27)5-9-22/h2-12,17,24H,13-15H2,1H3,(H,29,31)(H,32,33). The van der Waals surface area contributed by atoms with Crippen LogP contribution in [0.3, 0.4) is 0 Å². The molecule has 0 aromatic heterocycles. The second kappa shape index (κ2) is 9.91. The topological polar surface area (TPSA) is 78.9 Å². The number of anilines is 1. The Hall–Kier alpha value is -3.94. The average Bonchev–Trinajstić information content (AvgIpc) is 3.23. The highest BCUT2D eigenvalue weighted by atomic mass is 19.1. The maximum absolute atomic E-state index is 13.4. The zero-order valence-electron chi connectivity index (χ0n) is 18.5. The van der Waals surface area contributed by atoms with Crippen LogP contribution < -0.4 is 10.1 Å². The van der Waals surface area contributed by atoms with Gasteiger partial charge in [-0.15, -0.1) is 0 Å². The Morgan fingerprint density at radius 2 is 1.62 bits per heavy atom. The summed E-state index contributed by atoms with van der Waals surface area (Å²) in [5.74, 6) is -0.152. The number of nitrogens with zero attached hydrogens (tertiary/aromatic N) is 1. The van der Waals surface area contributed by atoms with E-state index in [0.717, 1.165) is 16.0 Å². The Balaban J connectivity index is 1.39. The summed E-state index contributed by atoms with van der Waals surface area (Å²) in [7, 11) is 0. The van der Waals surface area contributed by atoms with Crippen LogP contribution in [0.15, 0.2) is 66.7 Å². The van der Waals surface area contributed by atoms with Crippen molar-refractivity contribution < 1.29 is 28.2 Å². The quantitative estimate of drug-likeness (QED) is 0.495. The van der Waals surface area contributed by atoms with Gasteiger partial charge in [-0.05, 0) is 97.5 Å². The molecule has 1 fully saturated rings. The van der Waals surface area contributed by atoms with Gasteiger partial charge in [-0.1, -0.05) is 6.07 Å². The van der Waals surface area contributed by atoms with Crippen LogP contribution in [0.5, 0.6) is 11.5 Å². The molecule has 0 saturated carbocycles. The van der Waals surface area contributed by atoms with Gasteiger partial charge in [0.1, 0.15) is 29.2 Å². The first-order valence-corrected chi connectivity index (χ1v) is 10.9. The van der Waals surface area contributed by atoms with Crippen molar-refractivity contribution in [3.8, 4) is 11.5 Å². The zero-order chi connectivity index (χ0) is 24.2. The van der Waals surface area contributed by atoms with Crippen molar-refractivity contribution in [3.63, 3.8) is 0 Å². The Morgan fingerprint density at radius 3 is 2.24 bits per heavy atom. The van der Waals surface area contributed by atoms with E-state index in [1.54, 1.807) is 30.3 Å². The molecule has 2 amide bonds. The molecular formula is C26H24F2N2O4. The van der Waals surface area contributed by atoms with E-state index in [0.29, 0.717) is 30.0 Å². The smallest absolute Gasteiger partial charge is 0.407 e. The number of hydrogen-bond donors (Lipinski definition) is 2. The number of rotatable bonds is 6. The molecule has 1 heterocycles. The molecule has 0 aliphatic carbocycles. The molecule has 0 spiro atoms. The van der Waals surface area contributed by atoms with Crippen molar-refractivity contribution in [2.75, 3.05) is 11.9 Å². The molecule has 6 nitrogen and oxygen atoms in total. The number of aryl methyl sites for hydroxylation is 1. The first-order valence-electron chi connectivity index (χ1n) is 10.9. The maximum atomic E-state index is 13.4. The number of halogens is 2. The molecule has 1 aliphatic heterocycles. The number of hydrogen-bond acceptors (Lipinski definition) is 3. The SMILES string of the molecule is Cc1cc(F)ccc1CC1CC(C(=O)Nc2ccc(Oc3ccc(F)cc3)cc2)N(C(=O)O)C1. The predicted octanol–water partition coefficient (Wildman–Crippen LogP) is 5.62. The molecule has 176 valence electrons. The van der Waals surface area contributed by atoms with Crippen LogP contribution in [0.2, 0.25) is 0 Å². The minimum Gasteiger partial charge on any atom is -0.465 e. The fourth-order valence-corrected chi connectivity index (χ4v) is 4.20. The van der Waals surface area contributed by atoms with E-state index in [2.05, 4.69) is 5.32 Å². The Bertz CT molecular complexity index is 1180. The molecule has 2 N–H and O–H groups in total. The Morgan fingerprint density at radius 1 is 1.00 bits per heavy atom. The number of ether oxygens (including phenoxy) is 1. The highest BCUT2D eigenvalue weighted by Gasteiger charge is 2.39. The van der Waals surface area contributed by atoms with Crippen LogP contribution in [0.1, 0.15) is 17.5 Å². The lowest BCUT2D eigenvalue weighted by Gasteiger charge is -2.20. The van der Waals surface area contributed by atoms with Gasteiger partial charge in [-0.3, -0.25) is 9.69 Å². The molecule has 34 heavy (non-hydrogen) atoms. The van der Waals surface area contributed by atoms with Crippen molar-refractivity contribution >= 4 is 17.7 Å². The van der Waals surface area contributed by atoms with E-state index in [-0.39, 0.29) is 24.1 Å². The first kappa shape index (κ1) is 23.2. The lowest BCUT2D eigenvalue weighted by Crippen LogP contribution is -2.42. The summed E-state index contributed by atoms with van der Waals surface area (Å²) < 4.78 is 32.1. The maximum Gasteiger partial charge on any atom is 0.407 e. The summed E-state index contributed by atoms with van der Waals surface area (Å²) in [6.45, 7) is 2.05. The Kier molecular flexibility index (Phi) is 6.77. The molecule has 8 heteroatoms. The van der Waals surface area contributed by atoms with Crippen LogP contribution in [0.25, 0.3) is 0 Å². The number of carbonyl (C=O) groups is 2. The van der Waals surface area contributed by atoms with Gasteiger partial charge in [0, 0.05) is 12.2 Å². The summed E-state index contributed by atoms with van der Waals surface area (Å²) >= 11 is 0. The van der Waals surface area contributed by atoms with Gasteiger partial charge < -0.3 is 15.2 Å². The van der Waals surface area contributed by atoms with E-state index >= 15 is 0 Å². The van der Waals surface area contributed by atoms with Gasteiger partial charge in [0.15, 0.2) is 0 Å². The van der Waals surface area contributed by atoms with Crippen LogP contribution in [0.4, 0.5) is 19.3 Å². The third-order valence-electron chi connectivity index (χ3n) is 5.92. The van der Waals surface area contributed by atoms with E-state index < -0.39 is 18.0 Å². The third kappa shape index (κ3) is 5.51. The molecule has 0 radical (unpaired) electrons. The summed E-state index contributed by atoms with van der Waals surface area (Å²) in [5, 5.41) is 12.4. The van der Waals surface area contributed by atoms with Crippen molar-refractivity contribution in [1.82, 2.24) is 4.90 Å². The highest BCUT2D eigenvalue weighted by Crippen LogP contribution is 2.29. The summed E-state index contributed by atoms with van der Waals surface area (Å²) in [4.78, 5) is 25.8. The zero-order valence-corrected chi connectivity index (χ0v) is 18.5. The molecule has 4 rings (SSSR count). The fourth-order valence-electron chi connectivity index (χ4n) is 4.20. The van der Waals surface area contributed by atoms with Gasteiger partial charge in [0.2, 0.25) is 5.91 Å². The van der Waals surface area contributed by atoms with Gasteiger partial charge >= 0.3 is 6.09 Å². The molecular weight excluding hydrogens is 442 g/mol. The summed E-state index contributed by atoms with van der Waals surface area (Å²) in [6, 6.07) is 15.9. The molecule has 2 unspecified atom stereocenters. The molecule has 3 aromatic carbocycles. The summed E-state index contributed by atoms with van der Waals surface area (Å²) in [6.07, 6.45) is -0.211. The van der Waals surface area contributed by atoms with Crippen molar-refractivity contribution in [2.24, 2.45) is 5.92 Å². The van der Waals surface area contributed by atoms with E-state index in [9.17, 15) is 23.5 Å². The third-order valence-corrected chi connectivity index (χ3v) is 5.92. The molecule has 3 aromatic rings. The van der Waals surface area contributed by atoms with E-state index in [1.165, 1.54) is 36.4 Å². The van der Waals surface area contributed by atoms with E-state index in [1.807, 2.05) is 6.92 Å². The van der Waals surface area contributed by atoms with Crippen LogP contribution >= 0.6 is 0 Å². The lowest BCUT2D eigenvalue weighted by molar-refractivity contribution is -0.119. The van der Waals surface area contributed by atoms with E-state index in [4.69, 9.17) is 4.74 Å². The molecule has 1 saturated heterocycles. The van der Waals surface area contributed by atoms with Gasteiger partial charge in [0.05, 0.1) is 0 Å². The van der Waals surface area contributed by atoms with Crippen molar-refractivity contribution in [1.29, 1.82) is 0 Å². The minimum absolute atomic E-state index is 0.0532. The first-order chi connectivity index (χ1) is 16.3. The average molecular weight is 466 g/mol. The normalized spacial score (nSPS) is 17.4. The van der Waals surface area contributed by atoms with Crippen LogP contribution in [-0.2, 0) is 11.2 Å². The summed E-state index contributed by atoms with van der Waals surface area (Å²) in [5.41, 5.74) is 2.24. The molecule has 2 atom stereocenters. The minimum atomic E-state index is -1.15. The Labute approximate surface area is 195 Å². The van der Waals surface area contributed by atoms with Crippen molar-refractivity contribution in [2.45, 2.75) is 25.8 Å². The predicted molar refractivity (Wildman–Crippen MR) is 123 cm³/mol. The number of likely N-dealkylation sites (tertiary alicyclic amines) is 1. The van der Waals surface area contributed by atoms with Gasteiger partial charge in [0.25, 0.3) is 0 Å². The second-order valence-corrected chi connectivity index (χ2v) is 8.40. The number of nitrogens with one attached hydrogen (secondary N) is 1. The van der Waals surface area contributed by atoms with Crippen molar-refractivity contribution in [3.05, 3.63) is 89.5 Å². The van der Waals surface area contributed by atoms with Gasteiger partial charge in [-0.2, -0.15) is 0 Å². The molecule has 1 aliphatic rings. The number of carboxylic acid groups (broad SMARTS) is 1. The largest absolute Gasteiger partial charge is 0.465 e. The highest BCUT2D eigenvalue weighted by molar-refractivity contribution is 5.96. The lowest BCUT2D eigenvalue weighted by atomic mass is 9.94. The van der Waals surface area contributed by atoms with Gasteiger partial charge in [-0.25, -0.2) is 13.6 Å². The monoisotopic (exact) mass is 466 g/mol. The number of carbonyl (C=O) groups excluding carboxylic acids is 1. The fraction of sp³-hybridized carbons (Fsp3) is 0.231. The number of amides is 2. The molecule has 0 bridgehead atoms. The van der Waals surface area contributed by atoms with Crippen LogP contribution in [0, 0.1) is 24.5 Å². The number of benzene rings is 3. The van der Waals surface area contributed by atoms with Crippen LogP contribution in [-0.4, -0.2) is 34.6 Å². The second-order valence-electron chi connectivity index (χ2n) is 8.40.